The fraction of sp³-hybridized carbons (Fsp3) is 0. The second-order valence-corrected chi connectivity index (χ2v) is 3.35. The van der Waals surface area contributed by atoms with E-state index in [0.29, 0.717) is 5.69 Å². The molecule has 2 aromatic rings. The van der Waals surface area contributed by atoms with Crippen molar-refractivity contribution in [3.8, 4) is 11.1 Å². The van der Waals surface area contributed by atoms with Crippen molar-refractivity contribution in [3.63, 3.8) is 0 Å². The first-order valence-corrected chi connectivity index (χ1v) is 4.84. The normalized spacial score (nSPS) is 9.88. The number of amides is 1. The van der Waals surface area contributed by atoms with Gasteiger partial charge in [-0.25, -0.2) is 4.79 Å². The van der Waals surface area contributed by atoms with E-state index in [1.54, 1.807) is 30.5 Å². The van der Waals surface area contributed by atoms with Gasteiger partial charge in [0.1, 0.15) is 0 Å². The summed E-state index contributed by atoms with van der Waals surface area (Å²) in [6, 6.07) is 8.62. The van der Waals surface area contributed by atoms with E-state index in [-0.39, 0.29) is 0 Å². The summed E-state index contributed by atoms with van der Waals surface area (Å²) < 4.78 is 4.95. The summed E-state index contributed by atoms with van der Waals surface area (Å²) in [5.41, 5.74) is 2.12. The zero-order valence-electron chi connectivity index (χ0n) is 8.71. The first-order valence-electron chi connectivity index (χ1n) is 4.84. The molecule has 0 saturated carbocycles. The van der Waals surface area contributed by atoms with Gasteiger partial charge in [-0.2, -0.15) is 0 Å². The van der Waals surface area contributed by atoms with Crippen LogP contribution in [-0.4, -0.2) is 17.0 Å². The molecule has 0 fully saturated rings. The van der Waals surface area contributed by atoms with E-state index in [9.17, 15) is 9.59 Å². The van der Waals surface area contributed by atoms with Crippen LogP contribution in [0.15, 0.2) is 47.3 Å². The maximum Gasteiger partial charge on any atom is 0.394 e. The Morgan fingerprint density at radius 3 is 2.65 bits per heavy atom. The lowest BCUT2D eigenvalue weighted by Crippen LogP contribution is -2.21. The maximum absolute atomic E-state index is 11.0. The Bertz CT molecular complexity index is 545. The zero-order chi connectivity index (χ0) is 12.3. The van der Waals surface area contributed by atoms with Gasteiger partial charge in [0.05, 0.1) is 12.5 Å². The van der Waals surface area contributed by atoms with Gasteiger partial charge in [-0.15, -0.1) is 0 Å². The molecule has 0 unspecified atom stereocenters. The van der Waals surface area contributed by atoms with Crippen LogP contribution in [0.25, 0.3) is 11.1 Å². The van der Waals surface area contributed by atoms with Crippen molar-refractivity contribution in [1.29, 1.82) is 0 Å². The summed E-state index contributed by atoms with van der Waals surface area (Å²) >= 11 is 0. The number of anilines is 1. The molecule has 1 aromatic carbocycles. The molecular formula is C12H9NO4. The minimum absolute atomic E-state index is 0.427. The van der Waals surface area contributed by atoms with Crippen molar-refractivity contribution in [1.82, 2.24) is 0 Å². The number of benzene rings is 1. The van der Waals surface area contributed by atoms with Crippen molar-refractivity contribution in [2.75, 3.05) is 5.32 Å². The van der Waals surface area contributed by atoms with Crippen molar-refractivity contribution < 1.29 is 19.1 Å². The molecular weight excluding hydrogens is 222 g/mol. The number of carbonyl (C=O) groups is 2. The highest BCUT2D eigenvalue weighted by atomic mass is 16.4. The van der Waals surface area contributed by atoms with Crippen LogP contribution < -0.4 is 5.32 Å². The molecule has 0 spiro atoms. The first-order chi connectivity index (χ1) is 8.16. The van der Waals surface area contributed by atoms with Gasteiger partial charge in [0.25, 0.3) is 0 Å². The van der Waals surface area contributed by atoms with Gasteiger partial charge in [0.15, 0.2) is 0 Å². The van der Waals surface area contributed by atoms with Crippen molar-refractivity contribution >= 4 is 17.6 Å². The van der Waals surface area contributed by atoms with Crippen LogP contribution in [-0.2, 0) is 9.59 Å². The first kappa shape index (κ1) is 10.9. The minimum Gasteiger partial charge on any atom is -0.474 e. The molecule has 0 bridgehead atoms. The average molecular weight is 231 g/mol. The Hall–Kier alpha value is -2.56. The molecule has 5 heteroatoms. The number of carboxylic acid groups (broad SMARTS) is 1. The molecule has 5 nitrogen and oxygen atoms in total. The fourth-order valence-electron chi connectivity index (χ4n) is 1.39. The monoisotopic (exact) mass is 231 g/mol. The summed E-state index contributed by atoms with van der Waals surface area (Å²) in [7, 11) is 0. The molecule has 1 amide bonds. The lowest BCUT2D eigenvalue weighted by molar-refractivity contribution is -0.147. The van der Waals surface area contributed by atoms with Crippen molar-refractivity contribution in [2.24, 2.45) is 0 Å². The van der Waals surface area contributed by atoms with Crippen LogP contribution in [0.4, 0.5) is 5.69 Å². The van der Waals surface area contributed by atoms with E-state index in [1.807, 2.05) is 6.07 Å². The Kier molecular flexibility index (Phi) is 2.91. The second-order valence-electron chi connectivity index (χ2n) is 3.35. The smallest absolute Gasteiger partial charge is 0.394 e. The van der Waals surface area contributed by atoms with Crippen molar-refractivity contribution in [3.05, 3.63) is 42.9 Å². The Balaban J connectivity index is 2.23. The van der Waals surface area contributed by atoms with Gasteiger partial charge in [-0.3, -0.25) is 4.79 Å². The lowest BCUT2D eigenvalue weighted by Gasteiger charge is -2.03. The molecule has 2 N–H and O–H groups in total. The summed E-state index contributed by atoms with van der Waals surface area (Å²) in [6.45, 7) is 0. The Labute approximate surface area is 96.7 Å². The van der Waals surface area contributed by atoms with E-state index >= 15 is 0 Å². The molecule has 1 heterocycles. The fourth-order valence-corrected chi connectivity index (χ4v) is 1.39. The van der Waals surface area contributed by atoms with Gasteiger partial charge in [0.2, 0.25) is 0 Å². The van der Waals surface area contributed by atoms with Crippen LogP contribution in [0.3, 0.4) is 0 Å². The quantitative estimate of drug-likeness (QED) is 0.774. The number of aliphatic carboxylic acids is 1. The minimum atomic E-state index is -1.52. The Morgan fingerprint density at radius 2 is 2.00 bits per heavy atom. The van der Waals surface area contributed by atoms with Gasteiger partial charge in [-0.05, 0) is 23.8 Å². The standard InChI is InChI=1S/C12H9NO4/c14-11(12(15)16)13-10-3-1-2-8(6-10)9-4-5-17-7-9/h1-7H,(H,13,14)(H,15,16). The molecule has 0 aliphatic heterocycles. The lowest BCUT2D eigenvalue weighted by atomic mass is 10.1. The zero-order valence-corrected chi connectivity index (χ0v) is 8.71. The third-order valence-corrected chi connectivity index (χ3v) is 2.17. The van der Waals surface area contributed by atoms with Gasteiger partial charge in [-0.1, -0.05) is 12.1 Å². The molecule has 0 radical (unpaired) electrons. The van der Waals surface area contributed by atoms with E-state index in [4.69, 9.17) is 9.52 Å². The Morgan fingerprint density at radius 1 is 1.18 bits per heavy atom. The molecule has 0 saturated heterocycles. The van der Waals surface area contributed by atoms with Crippen LogP contribution in [0.2, 0.25) is 0 Å². The van der Waals surface area contributed by atoms with Gasteiger partial charge < -0.3 is 14.8 Å². The summed E-state index contributed by atoms with van der Waals surface area (Å²) in [5, 5.41) is 10.7. The number of furan rings is 1. The number of hydrogen-bond donors (Lipinski definition) is 2. The van der Waals surface area contributed by atoms with E-state index in [1.165, 1.54) is 6.26 Å². The highest BCUT2D eigenvalue weighted by Crippen LogP contribution is 2.22. The molecule has 0 aliphatic rings. The van der Waals surface area contributed by atoms with Crippen LogP contribution in [0.5, 0.6) is 0 Å². The highest BCUT2D eigenvalue weighted by molar-refractivity contribution is 6.36. The van der Waals surface area contributed by atoms with Gasteiger partial charge in [0, 0.05) is 11.3 Å². The van der Waals surface area contributed by atoms with Crippen LogP contribution in [0, 0.1) is 0 Å². The predicted molar refractivity (Wildman–Crippen MR) is 60.4 cm³/mol. The largest absolute Gasteiger partial charge is 0.474 e. The number of carbonyl (C=O) groups excluding carboxylic acids is 1. The topological polar surface area (TPSA) is 79.5 Å². The summed E-state index contributed by atoms with van der Waals surface area (Å²) in [4.78, 5) is 21.4. The second kappa shape index (κ2) is 4.52. The van der Waals surface area contributed by atoms with Crippen LogP contribution in [0.1, 0.15) is 0 Å². The summed E-state index contributed by atoms with van der Waals surface area (Å²) in [5.74, 6) is -2.58. The molecule has 0 atom stereocenters. The molecule has 17 heavy (non-hydrogen) atoms. The summed E-state index contributed by atoms with van der Waals surface area (Å²) in [6.07, 6.45) is 3.11. The predicted octanol–water partition coefficient (Wildman–Crippen LogP) is 1.97. The molecule has 1 aromatic heterocycles. The number of rotatable bonds is 2. The van der Waals surface area contributed by atoms with Crippen LogP contribution >= 0.6 is 0 Å². The number of nitrogens with one attached hydrogen (secondary N) is 1. The molecule has 2 rings (SSSR count). The molecule has 86 valence electrons. The average Bonchev–Trinajstić information content (AvgIpc) is 2.82. The third kappa shape index (κ3) is 2.52. The van der Waals surface area contributed by atoms with E-state index in [2.05, 4.69) is 5.32 Å². The number of carboxylic acids is 1. The van der Waals surface area contributed by atoms with E-state index < -0.39 is 11.9 Å². The SMILES string of the molecule is O=C(O)C(=O)Nc1cccc(-c2ccoc2)c1. The maximum atomic E-state index is 11.0. The van der Waals surface area contributed by atoms with Gasteiger partial charge >= 0.3 is 11.9 Å². The molecule has 0 aliphatic carbocycles. The van der Waals surface area contributed by atoms with E-state index in [0.717, 1.165) is 11.1 Å². The third-order valence-electron chi connectivity index (χ3n) is 2.17. The van der Waals surface area contributed by atoms with Crippen molar-refractivity contribution in [2.45, 2.75) is 0 Å². The number of hydrogen-bond acceptors (Lipinski definition) is 3. The highest BCUT2D eigenvalue weighted by Gasteiger charge is 2.11.